The number of benzene rings is 2. The molecule has 0 saturated heterocycles. The van der Waals surface area contributed by atoms with Gasteiger partial charge in [-0.05, 0) is 0 Å². The van der Waals surface area contributed by atoms with Gasteiger partial charge in [-0.1, -0.05) is 0 Å². The zero-order valence-corrected chi connectivity index (χ0v) is 22.1. The molecule has 0 spiro atoms. The summed E-state index contributed by atoms with van der Waals surface area (Å²) in [5, 5.41) is 0. The minimum Gasteiger partial charge on any atom is -1.00 e. The molecule has 1 atom stereocenters. The van der Waals surface area contributed by atoms with Gasteiger partial charge in [-0.3, -0.25) is 0 Å². The van der Waals surface area contributed by atoms with Crippen molar-refractivity contribution in [2.75, 3.05) is 0 Å². The zero-order chi connectivity index (χ0) is 19.3. The van der Waals surface area contributed by atoms with Crippen LogP contribution >= 0.6 is 0 Å². The monoisotopic (exact) mass is 501 g/mol. The Morgan fingerprint density at radius 1 is 0.966 bits per heavy atom. The Kier molecular flexibility index (Phi) is 7.76. The maximum absolute atomic E-state index is 2.53. The van der Waals surface area contributed by atoms with Crippen molar-refractivity contribution in [1.29, 1.82) is 0 Å². The molecule has 2 aliphatic rings. The van der Waals surface area contributed by atoms with Crippen molar-refractivity contribution in [1.82, 2.24) is 0 Å². The third-order valence-corrected chi connectivity index (χ3v) is 9.11. The summed E-state index contributed by atoms with van der Waals surface area (Å²) in [5.74, 6) is 0.462. The van der Waals surface area contributed by atoms with Crippen molar-refractivity contribution in [3.8, 4) is 11.1 Å². The van der Waals surface area contributed by atoms with E-state index in [1.807, 2.05) is 0 Å². The van der Waals surface area contributed by atoms with E-state index in [1.54, 1.807) is 17.6 Å². The molecule has 151 valence electrons. The number of rotatable bonds is 2. The van der Waals surface area contributed by atoms with Crippen molar-refractivity contribution in [3.63, 3.8) is 0 Å². The maximum Gasteiger partial charge on any atom is -1.00 e. The van der Waals surface area contributed by atoms with E-state index in [9.17, 15) is 0 Å². The van der Waals surface area contributed by atoms with E-state index in [2.05, 4.69) is 90.1 Å². The van der Waals surface area contributed by atoms with E-state index in [0.717, 1.165) is 6.42 Å². The summed E-state index contributed by atoms with van der Waals surface area (Å²) >= 11 is -0.718. The average Bonchev–Trinajstić information content (AvgIpc) is 3.15. The van der Waals surface area contributed by atoms with Crippen molar-refractivity contribution in [2.24, 2.45) is 5.41 Å². The molecule has 1 unspecified atom stereocenters. The molecular formula is C26H29Cl2Zr. The summed E-state index contributed by atoms with van der Waals surface area (Å²) < 4.78 is 3.39. The molecule has 3 heteroatoms. The van der Waals surface area contributed by atoms with E-state index in [-0.39, 0.29) is 30.2 Å². The molecule has 4 rings (SSSR count). The molecule has 0 amide bonds. The largest absolute Gasteiger partial charge is 1.00 e. The zero-order valence-electron chi connectivity index (χ0n) is 18.2. The van der Waals surface area contributed by atoms with Gasteiger partial charge in [-0.25, -0.2) is 0 Å². The van der Waals surface area contributed by atoms with Crippen molar-refractivity contribution >= 4 is 6.48 Å². The van der Waals surface area contributed by atoms with Gasteiger partial charge in [0.15, 0.2) is 0 Å². The maximum atomic E-state index is 2.53. The van der Waals surface area contributed by atoms with Crippen molar-refractivity contribution in [2.45, 2.75) is 53.9 Å². The predicted molar refractivity (Wildman–Crippen MR) is 115 cm³/mol. The molecule has 0 saturated carbocycles. The van der Waals surface area contributed by atoms with Crippen LogP contribution in [0.5, 0.6) is 0 Å². The van der Waals surface area contributed by atoms with E-state index < -0.39 is 22.8 Å². The van der Waals surface area contributed by atoms with Gasteiger partial charge in [-0.2, -0.15) is 0 Å². The second kappa shape index (κ2) is 9.17. The number of fused-ring (bicyclic) bond motifs is 3. The van der Waals surface area contributed by atoms with Crippen molar-refractivity contribution < 1.29 is 47.6 Å². The smallest absolute Gasteiger partial charge is 1.00 e. The number of hydrogen-bond donors (Lipinski definition) is 0. The molecule has 0 bridgehead atoms. The standard InChI is InChI=1S/C23H23.C3H6.2ClH.Zr/c1-15-11-19(23(2,3)4)14-22(15)17-9-10-21-18(13-17)12-16-7-5-6-8-20(16)21;1-3-2;;;/h5-11,14,22H,12H2,1-4H3;1-2H3;2*1H;/q;;;;+2/p-2. The van der Waals surface area contributed by atoms with Gasteiger partial charge in [0.1, 0.15) is 0 Å². The Hall–Kier alpha value is -0.747. The van der Waals surface area contributed by atoms with Crippen LogP contribution in [0.25, 0.3) is 11.1 Å². The Bertz CT molecular complexity index is 1020. The Morgan fingerprint density at radius 2 is 1.66 bits per heavy atom. The summed E-state index contributed by atoms with van der Waals surface area (Å²) in [5.41, 5.74) is 10.9. The number of halogens is 2. The van der Waals surface area contributed by atoms with Gasteiger partial charge in [0.25, 0.3) is 0 Å². The van der Waals surface area contributed by atoms with Crippen LogP contribution in [0.1, 0.15) is 64.2 Å². The van der Waals surface area contributed by atoms with Crippen LogP contribution in [0.15, 0.2) is 59.7 Å². The minimum atomic E-state index is -0.718. The molecule has 2 aromatic rings. The molecular weight excluding hydrogens is 474 g/mol. The van der Waals surface area contributed by atoms with Crippen LogP contribution in [-0.4, -0.2) is 3.21 Å². The minimum absolute atomic E-state index is 0. The first-order valence-corrected chi connectivity index (χ1v) is 12.4. The van der Waals surface area contributed by atoms with E-state index in [1.165, 1.54) is 27.8 Å². The second-order valence-corrected chi connectivity index (χ2v) is 13.6. The van der Waals surface area contributed by atoms with Crippen LogP contribution in [0.4, 0.5) is 0 Å². The van der Waals surface area contributed by atoms with Crippen molar-refractivity contribution in [3.05, 3.63) is 76.4 Å². The first kappa shape index (κ1) is 24.5. The molecule has 29 heavy (non-hydrogen) atoms. The van der Waals surface area contributed by atoms with Gasteiger partial charge >= 0.3 is 176 Å². The summed E-state index contributed by atoms with van der Waals surface area (Å²) in [4.78, 5) is 0. The second-order valence-electron chi connectivity index (χ2n) is 9.25. The third-order valence-electron chi connectivity index (χ3n) is 5.82. The molecule has 2 aromatic carbocycles. The first-order valence-electron chi connectivity index (χ1n) is 9.97. The van der Waals surface area contributed by atoms with Gasteiger partial charge in [-0.15, -0.1) is 0 Å². The average molecular weight is 504 g/mol. The molecule has 0 nitrogen and oxygen atoms in total. The van der Waals surface area contributed by atoms with Crippen LogP contribution in [0.3, 0.4) is 0 Å². The molecule has 0 N–H and O–H groups in total. The fraction of sp³-hybridized carbons (Fsp3) is 0.346. The normalized spacial score (nSPS) is 16.6. The number of allylic oxidation sites excluding steroid dienone is 4. The molecule has 0 aromatic heterocycles. The van der Waals surface area contributed by atoms with Crippen LogP contribution in [0, 0.1) is 5.41 Å². The molecule has 0 heterocycles. The summed E-state index contributed by atoms with van der Waals surface area (Å²) in [6.07, 6.45) is 6.09. The van der Waals surface area contributed by atoms with Crippen LogP contribution in [-0.2, 0) is 29.2 Å². The van der Waals surface area contributed by atoms with E-state index in [4.69, 9.17) is 0 Å². The predicted octanol–water partition coefficient (Wildman–Crippen LogP) is 0.202. The fourth-order valence-corrected chi connectivity index (χ4v) is 7.47. The Balaban J connectivity index is 0.00000150. The van der Waals surface area contributed by atoms with Crippen LogP contribution in [0.2, 0.25) is 0 Å². The molecule has 0 radical (unpaired) electrons. The Morgan fingerprint density at radius 3 is 2.28 bits per heavy atom. The summed E-state index contributed by atoms with van der Waals surface area (Å²) in [7, 11) is 0. The quantitative estimate of drug-likeness (QED) is 0.469. The fourth-order valence-electron chi connectivity index (χ4n) is 4.38. The number of hydrogen-bond acceptors (Lipinski definition) is 0. The van der Waals surface area contributed by atoms with Gasteiger partial charge in [0, 0.05) is 0 Å². The van der Waals surface area contributed by atoms with E-state index >= 15 is 0 Å². The summed E-state index contributed by atoms with van der Waals surface area (Å²) in [6, 6.07) is 13.8. The van der Waals surface area contributed by atoms with E-state index in [0.29, 0.717) is 5.92 Å². The Labute approximate surface area is 199 Å². The van der Waals surface area contributed by atoms with Crippen LogP contribution < -0.4 is 28.1 Å². The molecule has 2 aliphatic carbocycles. The van der Waals surface area contributed by atoms with Gasteiger partial charge < -0.3 is 24.8 Å². The first-order chi connectivity index (χ1) is 12.8. The SMILES string of the molecule is CC1=CC(C(C)(C)C)=CC1c1ccc2c([c]1[Zr+2]=[C](C)C)Cc1ccccc1-2.[Cl-].[Cl-]. The third kappa shape index (κ3) is 4.63. The molecule has 0 fully saturated rings. The van der Waals surface area contributed by atoms with Gasteiger partial charge in [0.05, 0.1) is 0 Å². The summed E-state index contributed by atoms with van der Waals surface area (Å²) in [6.45, 7) is 14.0. The van der Waals surface area contributed by atoms with Gasteiger partial charge in [0.2, 0.25) is 0 Å². The topological polar surface area (TPSA) is 0 Å². The molecule has 0 aliphatic heterocycles.